The molecular weight excluding hydrogens is 397 g/mol. The highest BCUT2D eigenvalue weighted by Crippen LogP contribution is 2.24. The SMILES string of the molecule is CCCCOc1nc(N)c2n[nH]c(Cc3ccc(CN4CCNC(C)C4)cc3F)c2n1. The van der Waals surface area contributed by atoms with Crippen LogP contribution in [0.15, 0.2) is 18.2 Å². The van der Waals surface area contributed by atoms with Gasteiger partial charge in [0.15, 0.2) is 11.3 Å². The van der Waals surface area contributed by atoms with Crippen LogP contribution in [0.25, 0.3) is 11.0 Å². The van der Waals surface area contributed by atoms with E-state index in [1.807, 2.05) is 12.1 Å². The summed E-state index contributed by atoms with van der Waals surface area (Å²) in [5, 5.41) is 10.6. The predicted molar refractivity (Wildman–Crippen MR) is 118 cm³/mol. The standard InChI is InChI=1S/C22H30FN7O/c1-3-4-9-31-22-26-19-18(28-29-20(19)21(24)27-22)11-16-6-5-15(10-17(16)23)13-30-8-7-25-14(2)12-30/h5-6,10,14,25H,3-4,7-9,11-13H2,1-2H3,(H,28,29)(H2,24,26,27). The minimum Gasteiger partial charge on any atom is -0.463 e. The molecule has 1 aromatic carbocycles. The van der Waals surface area contributed by atoms with Crippen molar-refractivity contribution in [2.24, 2.45) is 0 Å². The molecule has 1 fully saturated rings. The van der Waals surface area contributed by atoms with Gasteiger partial charge in [0.1, 0.15) is 11.3 Å². The highest BCUT2D eigenvalue weighted by atomic mass is 19.1. The Morgan fingerprint density at radius 3 is 2.94 bits per heavy atom. The average molecular weight is 428 g/mol. The molecule has 1 unspecified atom stereocenters. The Morgan fingerprint density at radius 1 is 1.29 bits per heavy atom. The van der Waals surface area contributed by atoms with E-state index in [0.29, 0.717) is 41.4 Å². The Hall–Kier alpha value is -2.78. The Morgan fingerprint density at radius 2 is 2.16 bits per heavy atom. The molecule has 0 bridgehead atoms. The van der Waals surface area contributed by atoms with Crippen LogP contribution < -0.4 is 15.8 Å². The van der Waals surface area contributed by atoms with Crippen molar-refractivity contribution in [1.29, 1.82) is 0 Å². The number of nitrogen functional groups attached to an aromatic ring is 1. The number of rotatable bonds is 8. The third kappa shape index (κ3) is 5.11. The first-order valence-electron chi connectivity index (χ1n) is 10.9. The van der Waals surface area contributed by atoms with E-state index in [9.17, 15) is 4.39 Å². The molecule has 1 aliphatic rings. The highest BCUT2D eigenvalue weighted by Gasteiger charge is 2.18. The molecule has 3 heterocycles. The number of H-pyrrole nitrogens is 1. The van der Waals surface area contributed by atoms with Crippen molar-refractivity contribution < 1.29 is 9.13 Å². The summed E-state index contributed by atoms with van der Waals surface area (Å²) in [4.78, 5) is 11.0. The number of hydrogen-bond donors (Lipinski definition) is 3. The van der Waals surface area contributed by atoms with Crippen LogP contribution >= 0.6 is 0 Å². The summed E-state index contributed by atoms with van der Waals surface area (Å²) in [5.74, 6) is 0.0185. The Balaban J connectivity index is 1.50. The van der Waals surface area contributed by atoms with Gasteiger partial charge >= 0.3 is 6.01 Å². The van der Waals surface area contributed by atoms with Crippen LogP contribution in [0.4, 0.5) is 10.2 Å². The number of unbranched alkanes of at least 4 members (excludes halogenated alkanes) is 1. The van der Waals surface area contributed by atoms with Crippen LogP contribution in [0.1, 0.15) is 43.5 Å². The van der Waals surface area contributed by atoms with Crippen LogP contribution in [-0.4, -0.2) is 57.3 Å². The zero-order chi connectivity index (χ0) is 21.8. The van der Waals surface area contributed by atoms with E-state index in [0.717, 1.165) is 44.6 Å². The molecule has 9 heteroatoms. The minimum absolute atomic E-state index is 0.224. The minimum atomic E-state index is -0.232. The molecule has 4 rings (SSSR count). The van der Waals surface area contributed by atoms with Gasteiger partial charge in [-0.15, -0.1) is 0 Å². The molecule has 0 saturated carbocycles. The lowest BCUT2D eigenvalue weighted by Crippen LogP contribution is -2.48. The summed E-state index contributed by atoms with van der Waals surface area (Å²) >= 11 is 0. The summed E-state index contributed by atoms with van der Waals surface area (Å²) in [6.45, 7) is 8.42. The zero-order valence-corrected chi connectivity index (χ0v) is 18.1. The fourth-order valence-corrected chi connectivity index (χ4v) is 3.88. The maximum atomic E-state index is 14.9. The van der Waals surface area contributed by atoms with E-state index in [1.54, 1.807) is 6.07 Å². The van der Waals surface area contributed by atoms with E-state index in [-0.39, 0.29) is 17.6 Å². The number of hydrogen-bond acceptors (Lipinski definition) is 7. The van der Waals surface area contributed by atoms with Crippen molar-refractivity contribution in [3.63, 3.8) is 0 Å². The molecule has 0 radical (unpaired) electrons. The molecule has 8 nitrogen and oxygen atoms in total. The normalized spacial score (nSPS) is 17.3. The lowest BCUT2D eigenvalue weighted by molar-refractivity contribution is 0.199. The molecule has 1 saturated heterocycles. The Labute approximate surface area is 181 Å². The monoisotopic (exact) mass is 427 g/mol. The second kappa shape index (κ2) is 9.57. The molecule has 1 atom stereocenters. The molecule has 2 aromatic heterocycles. The van der Waals surface area contributed by atoms with Gasteiger partial charge < -0.3 is 15.8 Å². The quantitative estimate of drug-likeness (QED) is 0.475. The molecule has 4 N–H and O–H groups in total. The summed E-state index contributed by atoms with van der Waals surface area (Å²) in [6.07, 6.45) is 2.25. The summed E-state index contributed by atoms with van der Waals surface area (Å²) in [6, 6.07) is 6.14. The van der Waals surface area contributed by atoms with E-state index >= 15 is 0 Å². The zero-order valence-electron chi connectivity index (χ0n) is 18.1. The van der Waals surface area contributed by atoms with E-state index in [1.165, 1.54) is 0 Å². The number of nitrogens with two attached hydrogens (primary N) is 1. The lowest BCUT2D eigenvalue weighted by atomic mass is 10.0. The Bertz CT molecular complexity index is 1040. The van der Waals surface area contributed by atoms with Crippen LogP contribution in [0.5, 0.6) is 6.01 Å². The number of fused-ring (bicyclic) bond motifs is 1. The predicted octanol–water partition coefficient (Wildman–Crippen LogP) is 2.64. The maximum Gasteiger partial charge on any atom is 0.319 e. The van der Waals surface area contributed by atoms with Gasteiger partial charge in [-0.1, -0.05) is 25.5 Å². The number of piperazine rings is 1. The van der Waals surface area contributed by atoms with Gasteiger partial charge in [0.05, 0.1) is 12.3 Å². The number of halogens is 1. The molecule has 0 aliphatic carbocycles. The van der Waals surface area contributed by atoms with Crippen LogP contribution in [0.2, 0.25) is 0 Å². The Kier molecular flexibility index (Phi) is 6.62. The number of ether oxygens (including phenoxy) is 1. The topological polar surface area (TPSA) is 105 Å². The van der Waals surface area contributed by atoms with Crippen molar-refractivity contribution in [1.82, 2.24) is 30.4 Å². The third-order valence-electron chi connectivity index (χ3n) is 5.55. The molecule has 166 valence electrons. The second-order valence-corrected chi connectivity index (χ2v) is 8.19. The first-order valence-corrected chi connectivity index (χ1v) is 10.9. The van der Waals surface area contributed by atoms with Crippen LogP contribution in [0, 0.1) is 5.82 Å². The van der Waals surface area contributed by atoms with Gasteiger partial charge in [-0.05, 0) is 30.5 Å². The van der Waals surface area contributed by atoms with E-state index in [2.05, 4.69) is 44.2 Å². The van der Waals surface area contributed by atoms with Gasteiger partial charge in [0, 0.05) is 38.6 Å². The van der Waals surface area contributed by atoms with E-state index in [4.69, 9.17) is 10.5 Å². The molecular formula is C22H30FN7O. The van der Waals surface area contributed by atoms with Gasteiger partial charge in [0.25, 0.3) is 0 Å². The van der Waals surface area contributed by atoms with Crippen molar-refractivity contribution in [2.45, 2.75) is 45.7 Å². The van der Waals surface area contributed by atoms with E-state index < -0.39 is 0 Å². The second-order valence-electron chi connectivity index (χ2n) is 8.19. The molecule has 0 amide bonds. The lowest BCUT2D eigenvalue weighted by Gasteiger charge is -2.31. The van der Waals surface area contributed by atoms with Crippen molar-refractivity contribution in [3.05, 3.63) is 40.8 Å². The number of benzene rings is 1. The van der Waals surface area contributed by atoms with Crippen molar-refractivity contribution >= 4 is 16.9 Å². The third-order valence-corrected chi connectivity index (χ3v) is 5.55. The largest absolute Gasteiger partial charge is 0.463 e. The summed E-state index contributed by atoms with van der Waals surface area (Å²) < 4.78 is 20.5. The molecule has 31 heavy (non-hydrogen) atoms. The number of nitrogens with zero attached hydrogens (tertiary/aromatic N) is 4. The number of anilines is 1. The highest BCUT2D eigenvalue weighted by molar-refractivity contribution is 5.86. The van der Waals surface area contributed by atoms with Crippen molar-refractivity contribution in [3.8, 4) is 6.01 Å². The molecule has 3 aromatic rings. The smallest absolute Gasteiger partial charge is 0.319 e. The number of nitrogens with one attached hydrogen (secondary N) is 2. The molecule has 1 aliphatic heterocycles. The van der Waals surface area contributed by atoms with Crippen LogP contribution in [0.3, 0.4) is 0 Å². The van der Waals surface area contributed by atoms with Gasteiger partial charge in [-0.3, -0.25) is 10.00 Å². The first kappa shape index (κ1) is 21.5. The van der Waals surface area contributed by atoms with Crippen molar-refractivity contribution in [2.75, 3.05) is 32.0 Å². The summed E-state index contributed by atoms with van der Waals surface area (Å²) in [5.41, 5.74) is 9.30. The number of aromatic nitrogens is 4. The number of aromatic amines is 1. The fraction of sp³-hybridized carbons (Fsp3) is 0.500. The maximum absolute atomic E-state index is 14.9. The first-order chi connectivity index (χ1) is 15.0. The molecule has 0 spiro atoms. The van der Waals surface area contributed by atoms with Gasteiger partial charge in [0.2, 0.25) is 0 Å². The van der Waals surface area contributed by atoms with Gasteiger partial charge in [-0.25, -0.2) is 4.39 Å². The van der Waals surface area contributed by atoms with Crippen LogP contribution in [-0.2, 0) is 13.0 Å². The van der Waals surface area contributed by atoms with Gasteiger partial charge in [-0.2, -0.15) is 15.1 Å². The fourth-order valence-electron chi connectivity index (χ4n) is 3.88. The average Bonchev–Trinajstić information content (AvgIpc) is 3.14. The summed E-state index contributed by atoms with van der Waals surface area (Å²) in [7, 11) is 0.